The van der Waals surface area contributed by atoms with Crippen molar-refractivity contribution in [2.75, 3.05) is 26.8 Å². The topological polar surface area (TPSA) is 59.1 Å². The van der Waals surface area contributed by atoms with E-state index in [0.29, 0.717) is 24.7 Å². The summed E-state index contributed by atoms with van der Waals surface area (Å²) in [6.45, 7) is 5.03. The average molecular weight is 507 g/mol. The molecule has 6 nitrogen and oxygen atoms in total. The number of benzene rings is 2. The molecule has 0 unspecified atom stereocenters. The molecule has 0 bridgehead atoms. The van der Waals surface area contributed by atoms with Crippen LogP contribution < -0.4 is 9.47 Å². The Morgan fingerprint density at radius 3 is 2.53 bits per heavy atom. The number of thiophene rings is 1. The van der Waals surface area contributed by atoms with Crippen LogP contribution in [0.3, 0.4) is 0 Å². The number of hydrogen-bond acceptors (Lipinski definition) is 5. The third kappa shape index (κ3) is 5.90. The number of methoxy groups -OCH3 is 1. The summed E-state index contributed by atoms with van der Waals surface area (Å²) in [5.74, 6) is 1.22. The van der Waals surface area contributed by atoms with Crippen LogP contribution in [0.2, 0.25) is 0 Å². The Morgan fingerprint density at radius 2 is 1.81 bits per heavy atom. The van der Waals surface area contributed by atoms with Crippen molar-refractivity contribution in [2.45, 2.75) is 45.2 Å². The van der Waals surface area contributed by atoms with E-state index >= 15 is 0 Å². The lowest BCUT2D eigenvalue weighted by atomic mass is 10.00. The van der Waals surface area contributed by atoms with Gasteiger partial charge in [0, 0.05) is 17.5 Å². The van der Waals surface area contributed by atoms with E-state index in [1.165, 1.54) is 4.88 Å². The Bertz CT molecular complexity index is 1160. The Hall–Kier alpha value is -3.32. The number of hydrogen-bond donors (Lipinski definition) is 0. The van der Waals surface area contributed by atoms with Crippen LogP contribution in [0.15, 0.2) is 66.0 Å². The molecule has 2 amide bonds. The van der Waals surface area contributed by atoms with Crippen LogP contribution in [0.4, 0.5) is 0 Å². The highest BCUT2D eigenvalue weighted by atomic mass is 32.1. The van der Waals surface area contributed by atoms with Gasteiger partial charge >= 0.3 is 0 Å². The molecule has 0 aliphatic carbocycles. The highest BCUT2D eigenvalue weighted by Crippen LogP contribution is 2.35. The monoisotopic (exact) mass is 506 g/mol. The Kier molecular flexibility index (Phi) is 8.65. The molecule has 190 valence electrons. The van der Waals surface area contributed by atoms with Gasteiger partial charge < -0.3 is 19.3 Å². The van der Waals surface area contributed by atoms with Gasteiger partial charge in [-0.25, -0.2) is 0 Å². The molecule has 0 spiro atoms. The molecule has 0 saturated heterocycles. The molecular formula is C29H34N2O4S. The Morgan fingerprint density at radius 1 is 1.08 bits per heavy atom. The normalized spacial score (nSPS) is 15.6. The maximum absolute atomic E-state index is 13.7. The largest absolute Gasteiger partial charge is 0.493 e. The van der Waals surface area contributed by atoms with E-state index in [9.17, 15) is 9.59 Å². The maximum Gasteiger partial charge on any atom is 0.242 e. The number of rotatable bonds is 10. The summed E-state index contributed by atoms with van der Waals surface area (Å²) < 4.78 is 11.6. The van der Waals surface area contributed by atoms with Crippen molar-refractivity contribution in [1.29, 1.82) is 0 Å². The van der Waals surface area contributed by atoms with Crippen LogP contribution in [0.5, 0.6) is 11.5 Å². The smallest absolute Gasteiger partial charge is 0.242 e. The van der Waals surface area contributed by atoms with Crippen molar-refractivity contribution >= 4 is 23.2 Å². The van der Waals surface area contributed by atoms with Crippen molar-refractivity contribution in [1.82, 2.24) is 9.80 Å². The lowest BCUT2D eigenvalue weighted by Crippen LogP contribution is -2.50. The molecule has 0 N–H and O–H groups in total. The second-order valence-corrected chi connectivity index (χ2v) is 10.1. The van der Waals surface area contributed by atoms with Gasteiger partial charge in [-0.2, -0.15) is 0 Å². The van der Waals surface area contributed by atoms with Crippen LogP contribution >= 0.6 is 11.3 Å². The van der Waals surface area contributed by atoms with Crippen molar-refractivity contribution in [3.8, 4) is 11.5 Å². The van der Waals surface area contributed by atoms with E-state index in [4.69, 9.17) is 9.47 Å². The zero-order valence-electron chi connectivity index (χ0n) is 21.2. The summed E-state index contributed by atoms with van der Waals surface area (Å²) in [5.41, 5.74) is 2.08. The number of para-hydroxylation sites is 2. The van der Waals surface area contributed by atoms with Gasteiger partial charge in [-0.1, -0.05) is 49.4 Å². The molecule has 0 fully saturated rings. The number of carbonyl (C=O) groups excluding carboxylic acids is 2. The van der Waals surface area contributed by atoms with Crippen molar-refractivity contribution in [3.63, 3.8) is 0 Å². The molecule has 2 aromatic carbocycles. The molecule has 0 saturated carbocycles. The molecule has 1 aliphatic heterocycles. The van der Waals surface area contributed by atoms with Gasteiger partial charge in [0.15, 0.2) is 11.5 Å². The number of ether oxygens (including phenoxy) is 2. The van der Waals surface area contributed by atoms with Crippen LogP contribution in [-0.4, -0.2) is 54.5 Å². The predicted molar refractivity (Wildman–Crippen MR) is 143 cm³/mol. The van der Waals surface area contributed by atoms with Gasteiger partial charge in [-0.3, -0.25) is 9.59 Å². The van der Waals surface area contributed by atoms with Crippen molar-refractivity contribution in [2.24, 2.45) is 0 Å². The minimum Gasteiger partial charge on any atom is -0.493 e. The van der Waals surface area contributed by atoms with Gasteiger partial charge in [0.05, 0.1) is 19.6 Å². The highest BCUT2D eigenvalue weighted by molar-refractivity contribution is 7.10. The van der Waals surface area contributed by atoms with Crippen LogP contribution in [0, 0.1) is 0 Å². The van der Waals surface area contributed by atoms with Crippen LogP contribution in [0.1, 0.15) is 42.3 Å². The number of carbonyl (C=O) groups is 2. The molecule has 36 heavy (non-hydrogen) atoms. The SMILES string of the molecule is CC[C@@H](C)N(CC(=O)N1CCc2sccc2[C@@H]1COc1ccccc1OC)C(=O)Cc1ccccc1. The van der Waals surface area contributed by atoms with Crippen LogP contribution in [-0.2, 0) is 22.4 Å². The fraction of sp³-hybridized carbons (Fsp3) is 0.379. The van der Waals surface area contributed by atoms with Gasteiger partial charge in [-0.05, 0) is 54.5 Å². The highest BCUT2D eigenvalue weighted by Gasteiger charge is 2.34. The van der Waals surface area contributed by atoms with Gasteiger partial charge in [-0.15, -0.1) is 11.3 Å². The maximum atomic E-state index is 13.7. The van der Waals surface area contributed by atoms with E-state index in [-0.39, 0.29) is 36.9 Å². The molecule has 1 aliphatic rings. The quantitative estimate of drug-likeness (QED) is 0.383. The second-order valence-electron chi connectivity index (χ2n) is 9.06. The fourth-order valence-corrected chi connectivity index (χ4v) is 5.53. The first-order chi connectivity index (χ1) is 17.5. The second kappa shape index (κ2) is 12.1. The molecule has 1 aromatic heterocycles. The lowest BCUT2D eigenvalue weighted by Gasteiger charge is -2.38. The summed E-state index contributed by atoms with van der Waals surface area (Å²) >= 11 is 1.72. The minimum atomic E-state index is -0.222. The third-order valence-corrected chi connectivity index (χ3v) is 7.82. The molecule has 2 heterocycles. The lowest BCUT2D eigenvalue weighted by molar-refractivity contribution is -0.144. The molecule has 3 aromatic rings. The van der Waals surface area contributed by atoms with Crippen molar-refractivity contribution in [3.05, 3.63) is 82.0 Å². The average Bonchev–Trinajstić information content (AvgIpc) is 3.39. The molecule has 4 rings (SSSR count). The Labute approximate surface area is 217 Å². The van der Waals surface area contributed by atoms with Gasteiger partial charge in [0.2, 0.25) is 11.8 Å². The summed E-state index contributed by atoms with van der Waals surface area (Å²) in [6.07, 6.45) is 1.88. The minimum absolute atomic E-state index is 0.0287. The molecular weight excluding hydrogens is 472 g/mol. The predicted octanol–water partition coefficient (Wildman–Crippen LogP) is 5.13. The first kappa shape index (κ1) is 25.8. The molecule has 2 atom stereocenters. The Balaban J connectivity index is 1.52. The molecule has 0 radical (unpaired) electrons. The summed E-state index contributed by atoms with van der Waals surface area (Å²) in [7, 11) is 1.62. The van der Waals surface area contributed by atoms with Gasteiger partial charge in [0.25, 0.3) is 0 Å². The third-order valence-electron chi connectivity index (χ3n) is 6.83. The standard InChI is InChI=1S/C29H34N2O4S/c1-4-21(2)31(28(32)18-22-10-6-5-7-11-22)19-29(33)30-16-14-27-23(15-17-36-27)24(30)20-35-26-13-9-8-12-25(26)34-3/h5-13,15,17,21,24H,4,14,16,18-20H2,1-3H3/t21-,24+/m1/s1. The fourth-order valence-electron chi connectivity index (χ4n) is 4.60. The van der Waals surface area contributed by atoms with E-state index in [2.05, 4.69) is 11.4 Å². The zero-order valence-corrected chi connectivity index (χ0v) is 22.0. The zero-order chi connectivity index (χ0) is 25.5. The first-order valence-corrected chi connectivity index (χ1v) is 13.3. The van der Waals surface area contributed by atoms with E-state index < -0.39 is 0 Å². The first-order valence-electron chi connectivity index (χ1n) is 12.5. The molecule has 7 heteroatoms. The summed E-state index contributed by atoms with van der Waals surface area (Å²) in [5, 5.41) is 2.07. The van der Waals surface area contributed by atoms with E-state index in [1.807, 2.05) is 73.3 Å². The van der Waals surface area contributed by atoms with E-state index in [1.54, 1.807) is 23.3 Å². The van der Waals surface area contributed by atoms with E-state index in [0.717, 1.165) is 24.0 Å². The number of nitrogens with zero attached hydrogens (tertiary/aromatic N) is 2. The number of fused-ring (bicyclic) bond motifs is 1. The van der Waals surface area contributed by atoms with Gasteiger partial charge in [0.1, 0.15) is 13.2 Å². The van der Waals surface area contributed by atoms with Crippen molar-refractivity contribution < 1.29 is 19.1 Å². The summed E-state index contributed by atoms with van der Waals surface area (Å²) in [6, 6.07) is 19.1. The number of amides is 2. The van der Waals surface area contributed by atoms with Crippen LogP contribution in [0.25, 0.3) is 0 Å². The summed E-state index contributed by atoms with van der Waals surface area (Å²) in [4.78, 5) is 31.9.